The minimum Gasteiger partial charge on any atom is -0.436 e. The molecule has 0 spiro atoms. The predicted octanol–water partition coefficient (Wildman–Crippen LogP) is 3.80. The lowest BCUT2D eigenvalue weighted by atomic mass is 10.2. The van der Waals surface area contributed by atoms with Gasteiger partial charge in [-0.3, -0.25) is 0 Å². The molecule has 0 aliphatic heterocycles. The molecule has 0 aliphatic rings. The number of hydrogen-bond acceptors (Lipinski definition) is 3. The van der Waals surface area contributed by atoms with E-state index in [1.54, 1.807) is 31.3 Å². The second-order valence-corrected chi connectivity index (χ2v) is 5.05. The van der Waals surface area contributed by atoms with Crippen LogP contribution < -0.4 is 10.1 Å². The molecule has 1 N–H and O–H groups in total. The van der Waals surface area contributed by atoms with Gasteiger partial charge in [0, 0.05) is 22.8 Å². The van der Waals surface area contributed by atoms with Crippen LogP contribution in [0.4, 0.5) is 4.39 Å². The largest absolute Gasteiger partial charge is 0.436 e. The van der Waals surface area contributed by atoms with Crippen LogP contribution >= 0.6 is 15.9 Å². The summed E-state index contributed by atoms with van der Waals surface area (Å²) in [6.45, 7) is 2.29. The van der Waals surface area contributed by atoms with E-state index in [4.69, 9.17) is 4.74 Å². The van der Waals surface area contributed by atoms with Gasteiger partial charge in [0.1, 0.15) is 0 Å². The summed E-state index contributed by atoms with van der Waals surface area (Å²) in [5, 5.41) is 3.03. The molecule has 0 bridgehead atoms. The number of aromatic nitrogens is 1. The number of aryl methyl sites for hydroxylation is 1. The molecule has 100 valence electrons. The van der Waals surface area contributed by atoms with Gasteiger partial charge in [0.25, 0.3) is 0 Å². The molecule has 0 amide bonds. The van der Waals surface area contributed by atoms with Gasteiger partial charge in [-0.05, 0) is 47.6 Å². The number of pyridine rings is 1. The van der Waals surface area contributed by atoms with Gasteiger partial charge >= 0.3 is 0 Å². The fraction of sp³-hybridized carbons (Fsp3) is 0.214. The number of rotatable bonds is 4. The van der Waals surface area contributed by atoms with E-state index in [2.05, 4.69) is 26.2 Å². The van der Waals surface area contributed by atoms with E-state index in [0.29, 0.717) is 18.0 Å². The van der Waals surface area contributed by atoms with Crippen molar-refractivity contribution in [3.63, 3.8) is 0 Å². The molecular formula is C14H14BrFN2O. The SMILES string of the molecule is CNCc1cc(Br)cnc1Oc1cccc(C)c1F. The summed E-state index contributed by atoms with van der Waals surface area (Å²) in [5.41, 5.74) is 1.41. The van der Waals surface area contributed by atoms with E-state index in [-0.39, 0.29) is 11.6 Å². The zero-order valence-corrected chi connectivity index (χ0v) is 12.3. The third-order valence-corrected chi connectivity index (χ3v) is 3.06. The van der Waals surface area contributed by atoms with Crippen LogP contribution in [0, 0.1) is 12.7 Å². The lowest BCUT2D eigenvalue weighted by Gasteiger charge is -2.11. The number of nitrogens with one attached hydrogen (secondary N) is 1. The van der Waals surface area contributed by atoms with Gasteiger partial charge in [-0.15, -0.1) is 0 Å². The fourth-order valence-corrected chi connectivity index (χ4v) is 2.06. The number of nitrogens with zero attached hydrogens (tertiary/aromatic N) is 1. The molecule has 0 radical (unpaired) electrons. The highest BCUT2D eigenvalue weighted by Gasteiger charge is 2.11. The lowest BCUT2D eigenvalue weighted by Crippen LogP contribution is -2.07. The highest BCUT2D eigenvalue weighted by atomic mass is 79.9. The fourth-order valence-electron chi connectivity index (χ4n) is 1.68. The number of halogens is 2. The van der Waals surface area contributed by atoms with Crippen molar-refractivity contribution in [1.29, 1.82) is 0 Å². The highest BCUT2D eigenvalue weighted by molar-refractivity contribution is 9.10. The maximum Gasteiger partial charge on any atom is 0.223 e. The van der Waals surface area contributed by atoms with Crippen molar-refractivity contribution in [3.8, 4) is 11.6 Å². The van der Waals surface area contributed by atoms with E-state index in [1.165, 1.54) is 0 Å². The topological polar surface area (TPSA) is 34.2 Å². The Morgan fingerprint density at radius 2 is 2.21 bits per heavy atom. The quantitative estimate of drug-likeness (QED) is 0.928. The van der Waals surface area contributed by atoms with E-state index < -0.39 is 0 Å². The lowest BCUT2D eigenvalue weighted by molar-refractivity contribution is 0.419. The van der Waals surface area contributed by atoms with Crippen molar-refractivity contribution in [2.45, 2.75) is 13.5 Å². The Balaban J connectivity index is 2.35. The zero-order valence-electron chi connectivity index (χ0n) is 10.7. The molecule has 3 nitrogen and oxygen atoms in total. The van der Waals surface area contributed by atoms with Gasteiger partial charge < -0.3 is 10.1 Å². The molecule has 0 atom stereocenters. The van der Waals surface area contributed by atoms with Crippen LogP contribution in [0.25, 0.3) is 0 Å². The van der Waals surface area contributed by atoms with Gasteiger partial charge in [-0.2, -0.15) is 0 Å². The van der Waals surface area contributed by atoms with Crippen LogP contribution in [-0.2, 0) is 6.54 Å². The predicted molar refractivity (Wildman–Crippen MR) is 75.9 cm³/mol. The summed E-state index contributed by atoms with van der Waals surface area (Å²) >= 11 is 3.36. The van der Waals surface area contributed by atoms with Crippen LogP contribution in [0.2, 0.25) is 0 Å². The summed E-state index contributed by atoms with van der Waals surface area (Å²) in [7, 11) is 1.83. The summed E-state index contributed by atoms with van der Waals surface area (Å²) in [4.78, 5) is 4.19. The highest BCUT2D eigenvalue weighted by Crippen LogP contribution is 2.28. The van der Waals surface area contributed by atoms with Crippen molar-refractivity contribution < 1.29 is 9.13 Å². The Morgan fingerprint density at radius 3 is 2.95 bits per heavy atom. The van der Waals surface area contributed by atoms with E-state index in [9.17, 15) is 4.39 Å². The molecule has 5 heteroatoms. The van der Waals surface area contributed by atoms with Crippen LogP contribution in [0.15, 0.2) is 34.9 Å². The first-order valence-corrected chi connectivity index (χ1v) is 6.63. The van der Waals surface area contributed by atoms with Gasteiger partial charge in [-0.1, -0.05) is 12.1 Å². The maximum atomic E-state index is 13.9. The normalized spacial score (nSPS) is 10.5. The number of hydrogen-bond donors (Lipinski definition) is 1. The van der Waals surface area contributed by atoms with Gasteiger partial charge in [0.05, 0.1) is 0 Å². The minimum atomic E-state index is -0.359. The minimum absolute atomic E-state index is 0.187. The summed E-state index contributed by atoms with van der Waals surface area (Å²) in [6, 6.07) is 6.94. The van der Waals surface area contributed by atoms with Crippen LogP contribution in [0.5, 0.6) is 11.6 Å². The maximum absolute atomic E-state index is 13.9. The van der Waals surface area contributed by atoms with Gasteiger partial charge in [0.2, 0.25) is 5.88 Å². The van der Waals surface area contributed by atoms with Crippen molar-refractivity contribution in [3.05, 3.63) is 51.9 Å². The Hall–Kier alpha value is -1.46. The molecule has 1 aromatic carbocycles. The molecule has 0 unspecified atom stereocenters. The first-order chi connectivity index (χ1) is 9.11. The molecule has 0 fully saturated rings. The molecule has 2 rings (SSSR count). The Labute approximate surface area is 119 Å². The van der Waals surface area contributed by atoms with E-state index >= 15 is 0 Å². The third kappa shape index (κ3) is 3.30. The standard InChI is InChI=1S/C14H14BrFN2O/c1-9-4-3-5-12(13(9)16)19-14-10(7-17-2)6-11(15)8-18-14/h3-6,8,17H,7H2,1-2H3. The average molecular weight is 325 g/mol. The van der Waals surface area contributed by atoms with E-state index in [1.807, 2.05) is 13.1 Å². The van der Waals surface area contributed by atoms with Crippen LogP contribution in [0.3, 0.4) is 0 Å². The molecule has 1 heterocycles. The van der Waals surface area contributed by atoms with Gasteiger partial charge in [0.15, 0.2) is 11.6 Å². The molecule has 19 heavy (non-hydrogen) atoms. The first-order valence-electron chi connectivity index (χ1n) is 5.84. The molecule has 0 aliphatic carbocycles. The zero-order chi connectivity index (χ0) is 13.8. The Kier molecular flexibility index (Phi) is 4.50. The summed E-state index contributed by atoms with van der Waals surface area (Å²) in [5.74, 6) is 0.233. The third-order valence-electron chi connectivity index (χ3n) is 2.62. The second-order valence-electron chi connectivity index (χ2n) is 4.14. The summed E-state index contributed by atoms with van der Waals surface area (Å²) < 4.78 is 20.3. The summed E-state index contributed by atoms with van der Waals surface area (Å²) in [6.07, 6.45) is 1.63. The monoisotopic (exact) mass is 324 g/mol. The molecule has 0 saturated carbocycles. The molecule has 2 aromatic rings. The van der Waals surface area contributed by atoms with Gasteiger partial charge in [-0.25, -0.2) is 9.37 Å². The molecule has 0 saturated heterocycles. The smallest absolute Gasteiger partial charge is 0.223 e. The number of ether oxygens (including phenoxy) is 1. The average Bonchev–Trinajstić information content (AvgIpc) is 2.38. The Morgan fingerprint density at radius 1 is 1.42 bits per heavy atom. The van der Waals surface area contributed by atoms with Crippen molar-refractivity contribution in [1.82, 2.24) is 10.3 Å². The van der Waals surface area contributed by atoms with Crippen molar-refractivity contribution >= 4 is 15.9 Å². The van der Waals surface area contributed by atoms with Crippen molar-refractivity contribution in [2.24, 2.45) is 0 Å². The number of benzene rings is 1. The van der Waals surface area contributed by atoms with Crippen LogP contribution in [0.1, 0.15) is 11.1 Å². The molecular weight excluding hydrogens is 311 g/mol. The van der Waals surface area contributed by atoms with Crippen LogP contribution in [-0.4, -0.2) is 12.0 Å². The Bertz CT molecular complexity index is 590. The van der Waals surface area contributed by atoms with Crippen molar-refractivity contribution in [2.75, 3.05) is 7.05 Å². The first kappa shape index (κ1) is 14.0. The second kappa shape index (κ2) is 6.12. The van der Waals surface area contributed by atoms with E-state index in [0.717, 1.165) is 10.0 Å². The molecule has 1 aromatic heterocycles.